The van der Waals surface area contributed by atoms with Crippen LogP contribution in [0.4, 0.5) is 0 Å². The molecule has 0 aromatic heterocycles. The van der Waals surface area contributed by atoms with Crippen molar-refractivity contribution < 1.29 is 5.11 Å². The van der Waals surface area contributed by atoms with Gasteiger partial charge >= 0.3 is 0 Å². The quantitative estimate of drug-likeness (QED) is 0.646. The van der Waals surface area contributed by atoms with Gasteiger partial charge in [-0.2, -0.15) is 0 Å². The Morgan fingerprint density at radius 2 is 1.64 bits per heavy atom. The zero-order valence-electron chi connectivity index (χ0n) is 7.13. The van der Waals surface area contributed by atoms with E-state index < -0.39 is 0 Å². The number of rotatable bonds is 2. The van der Waals surface area contributed by atoms with Crippen molar-refractivity contribution in [3.8, 4) is 0 Å². The van der Waals surface area contributed by atoms with Gasteiger partial charge in [-0.05, 0) is 43.4 Å². The summed E-state index contributed by atoms with van der Waals surface area (Å²) in [5.41, 5.74) is 0. The highest BCUT2D eigenvalue weighted by atomic mass is 16.3. The number of aliphatic hydroxyl groups is 1. The lowest BCUT2D eigenvalue weighted by Gasteiger charge is -2.26. The highest BCUT2D eigenvalue weighted by Gasteiger charge is 2.33. The van der Waals surface area contributed by atoms with Crippen LogP contribution in [0.3, 0.4) is 0 Å². The molecule has 2 aliphatic carbocycles. The smallest absolute Gasteiger partial charge is 0.0433 e. The average Bonchev–Trinajstić information content (AvgIpc) is 2.32. The Balaban J connectivity index is 1.87. The minimum Gasteiger partial charge on any atom is -0.396 e. The standard InChI is InChI=1S/C10H18O/c11-4-3-10-6-8-1-2-9(5-8)7-10/h8-11H,1-7H2. The normalized spacial score (nSPS) is 42.8. The SMILES string of the molecule is OCCC1CC2CCC(C1)C2. The number of hydrogen-bond donors (Lipinski definition) is 1. The summed E-state index contributed by atoms with van der Waals surface area (Å²) in [6.07, 6.45) is 8.35. The predicted octanol–water partition coefficient (Wildman–Crippen LogP) is 2.20. The minimum absolute atomic E-state index is 0.407. The predicted molar refractivity (Wildman–Crippen MR) is 45.3 cm³/mol. The van der Waals surface area contributed by atoms with Crippen LogP contribution >= 0.6 is 0 Å². The lowest BCUT2D eigenvalue weighted by atomic mass is 9.80. The van der Waals surface area contributed by atoms with Crippen LogP contribution in [0.1, 0.15) is 38.5 Å². The van der Waals surface area contributed by atoms with Gasteiger partial charge in [-0.25, -0.2) is 0 Å². The summed E-state index contributed by atoms with van der Waals surface area (Å²) in [4.78, 5) is 0. The van der Waals surface area contributed by atoms with E-state index in [9.17, 15) is 0 Å². The maximum absolute atomic E-state index is 8.81. The molecule has 0 heterocycles. The van der Waals surface area contributed by atoms with E-state index in [4.69, 9.17) is 5.11 Å². The molecule has 1 heteroatoms. The van der Waals surface area contributed by atoms with Gasteiger partial charge in [0.1, 0.15) is 0 Å². The summed E-state index contributed by atoms with van der Waals surface area (Å²) in [5.74, 6) is 2.93. The number of fused-ring (bicyclic) bond motifs is 2. The molecule has 2 aliphatic rings. The maximum atomic E-state index is 8.81. The molecule has 2 bridgehead atoms. The lowest BCUT2D eigenvalue weighted by Crippen LogP contribution is -2.16. The summed E-state index contributed by atoms with van der Waals surface area (Å²) in [6.45, 7) is 0.407. The van der Waals surface area contributed by atoms with Crippen LogP contribution in [0.5, 0.6) is 0 Å². The topological polar surface area (TPSA) is 20.2 Å². The Morgan fingerprint density at radius 3 is 2.18 bits per heavy atom. The van der Waals surface area contributed by atoms with Crippen LogP contribution in [0, 0.1) is 17.8 Å². The Labute approximate surface area is 68.8 Å². The zero-order valence-corrected chi connectivity index (χ0v) is 7.13. The van der Waals surface area contributed by atoms with E-state index in [0.29, 0.717) is 6.61 Å². The Morgan fingerprint density at radius 1 is 1.00 bits per heavy atom. The number of aliphatic hydroxyl groups excluding tert-OH is 1. The van der Waals surface area contributed by atoms with E-state index in [1.807, 2.05) is 0 Å². The van der Waals surface area contributed by atoms with Crippen LogP contribution in [0.25, 0.3) is 0 Å². The number of hydrogen-bond acceptors (Lipinski definition) is 1. The van der Waals surface area contributed by atoms with E-state index in [2.05, 4.69) is 0 Å². The second kappa shape index (κ2) is 3.14. The van der Waals surface area contributed by atoms with Gasteiger partial charge in [0.2, 0.25) is 0 Å². The highest BCUT2D eigenvalue weighted by molar-refractivity contribution is 4.84. The van der Waals surface area contributed by atoms with E-state index in [1.54, 1.807) is 0 Å². The van der Waals surface area contributed by atoms with Crippen LogP contribution in [-0.2, 0) is 0 Å². The molecule has 2 saturated carbocycles. The van der Waals surface area contributed by atoms with Crippen LogP contribution in [-0.4, -0.2) is 11.7 Å². The minimum atomic E-state index is 0.407. The van der Waals surface area contributed by atoms with Crippen LogP contribution in [0.15, 0.2) is 0 Å². The second-order valence-electron chi connectivity index (χ2n) is 4.39. The summed E-state index contributed by atoms with van der Waals surface area (Å²) < 4.78 is 0. The first kappa shape index (κ1) is 7.60. The summed E-state index contributed by atoms with van der Waals surface area (Å²) in [6, 6.07) is 0. The van der Waals surface area contributed by atoms with Crippen molar-refractivity contribution in [2.24, 2.45) is 17.8 Å². The van der Waals surface area contributed by atoms with Crippen LogP contribution in [0.2, 0.25) is 0 Å². The molecule has 0 aromatic carbocycles. The fourth-order valence-electron chi connectivity index (χ4n) is 3.06. The molecule has 0 saturated heterocycles. The van der Waals surface area contributed by atoms with Crippen molar-refractivity contribution in [1.29, 1.82) is 0 Å². The molecule has 2 unspecified atom stereocenters. The van der Waals surface area contributed by atoms with Gasteiger partial charge in [0.15, 0.2) is 0 Å². The van der Waals surface area contributed by atoms with Gasteiger partial charge in [-0.15, -0.1) is 0 Å². The van der Waals surface area contributed by atoms with Gasteiger partial charge < -0.3 is 5.11 Å². The fourth-order valence-corrected chi connectivity index (χ4v) is 3.06. The Kier molecular flexibility index (Phi) is 2.17. The van der Waals surface area contributed by atoms with Crippen molar-refractivity contribution in [2.75, 3.05) is 6.61 Å². The van der Waals surface area contributed by atoms with E-state index in [0.717, 1.165) is 24.2 Å². The molecule has 64 valence electrons. The molecule has 0 spiro atoms. The molecule has 0 radical (unpaired) electrons. The van der Waals surface area contributed by atoms with Gasteiger partial charge in [0, 0.05) is 6.61 Å². The van der Waals surface area contributed by atoms with E-state index in [-0.39, 0.29) is 0 Å². The Bertz CT molecular complexity index is 121. The first-order chi connectivity index (χ1) is 5.38. The third kappa shape index (κ3) is 1.58. The van der Waals surface area contributed by atoms with Gasteiger partial charge in [-0.1, -0.05) is 12.8 Å². The van der Waals surface area contributed by atoms with Crippen molar-refractivity contribution in [2.45, 2.75) is 38.5 Å². The van der Waals surface area contributed by atoms with E-state index >= 15 is 0 Å². The average molecular weight is 154 g/mol. The molecule has 0 aromatic rings. The molecule has 1 N–H and O–H groups in total. The lowest BCUT2D eigenvalue weighted by molar-refractivity contribution is 0.196. The van der Waals surface area contributed by atoms with Crippen molar-refractivity contribution in [1.82, 2.24) is 0 Å². The molecule has 2 fully saturated rings. The molecular formula is C10H18O. The Hall–Kier alpha value is -0.0400. The monoisotopic (exact) mass is 154 g/mol. The molecule has 0 amide bonds. The molecule has 2 rings (SSSR count). The van der Waals surface area contributed by atoms with Crippen molar-refractivity contribution >= 4 is 0 Å². The van der Waals surface area contributed by atoms with E-state index in [1.165, 1.54) is 32.1 Å². The third-order valence-electron chi connectivity index (χ3n) is 3.52. The summed E-state index contributed by atoms with van der Waals surface area (Å²) in [7, 11) is 0. The van der Waals surface area contributed by atoms with Crippen molar-refractivity contribution in [3.05, 3.63) is 0 Å². The summed E-state index contributed by atoms with van der Waals surface area (Å²) >= 11 is 0. The van der Waals surface area contributed by atoms with Gasteiger partial charge in [0.25, 0.3) is 0 Å². The maximum Gasteiger partial charge on any atom is 0.0433 e. The second-order valence-corrected chi connectivity index (χ2v) is 4.39. The van der Waals surface area contributed by atoms with Gasteiger partial charge in [0.05, 0.1) is 0 Å². The molecule has 2 atom stereocenters. The van der Waals surface area contributed by atoms with Gasteiger partial charge in [-0.3, -0.25) is 0 Å². The van der Waals surface area contributed by atoms with Crippen LogP contribution < -0.4 is 0 Å². The third-order valence-corrected chi connectivity index (χ3v) is 3.52. The highest BCUT2D eigenvalue weighted by Crippen LogP contribution is 2.45. The largest absolute Gasteiger partial charge is 0.396 e. The zero-order chi connectivity index (χ0) is 7.68. The first-order valence-electron chi connectivity index (χ1n) is 4.99. The molecule has 1 nitrogen and oxygen atoms in total. The first-order valence-corrected chi connectivity index (χ1v) is 4.99. The van der Waals surface area contributed by atoms with Crippen molar-refractivity contribution in [3.63, 3.8) is 0 Å². The molecule has 11 heavy (non-hydrogen) atoms. The molecule has 0 aliphatic heterocycles. The summed E-state index contributed by atoms with van der Waals surface area (Å²) in [5, 5.41) is 8.81. The molecular weight excluding hydrogens is 136 g/mol. The fraction of sp³-hybridized carbons (Fsp3) is 1.00.